The van der Waals surface area contributed by atoms with Crippen LogP contribution in [-0.2, 0) is 4.79 Å². The average molecular weight is 184 g/mol. The molecular weight excluding hydrogens is 168 g/mol. The number of nitrogens with one attached hydrogen (secondary N) is 1. The molecule has 0 spiro atoms. The van der Waals surface area contributed by atoms with E-state index < -0.39 is 5.97 Å². The predicted molar refractivity (Wildman–Crippen MR) is 48.6 cm³/mol. The van der Waals surface area contributed by atoms with Crippen LogP contribution in [0, 0.1) is 0 Å². The lowest BCUT2D eigenvalue weighted by Gasteiger charge is -2.26. The van der Waals surface area contributed by atoms with Crippen LogP contribution >= 0.6 is 0 Å². The largest absolute Gasteiger partial charge is 0.480 e. The minimum absolute atomic E-state index is 0.236. The third-order valence-corrected chi connectivity index (χ3v) is 3.06. The smallest absolute Gasteiger partial charge is 0.322 e. The molecule has 2 atom stereocenters. The Balaban J connectivity index is 2.00. The molecule has 2 N–H and O–H groups in total. The first-order valence-corrected chi connectivity index (χ1v) is 4.99. The van der Waals surface area contributed by atoms with Gasteiger partial charge >= 0.3 is 5.97 Å². The van der Waals surface area contributed by atoms with Crippen molar-refractivity contribution >= 4 is 5.97 Å². The molecule has 4 heteroatoms. The molecule has 2 saturated heterocycles. The van der Waals surface area contributed by atoms with Crippen molar-refractivity contribution in [1.82, 2.24) is 10.2 Å². The van der Waals surface area contributed by atoms with Gasteiger partial charge in [0.25, 0.3) is 0 Å². The topological polar surface area (TPSA) is 52.6 Å². The van der Waals surface area contributed by atoms with Crippen LogP contribution in [0.25, 0.3) is 0 Å². The van der Waals surface area contributed by atoms with Crippen LogP contribution in [0.2, 0.25) is 0 Å². The molecule has 74 valence electrons. The van der Waals surface area contributed by atoms with Gasteiger partial charge in [0.1, 0.15) is 6.04 Å². The number of rotatable bonds is 2. The highest BCUT2D eigenvalue weighted by Crippen LogP contribution is 2.20. The number of carboxylic acid groups (broad SMARTS) is 1. The molecule has 0 aromatic carbocycles. The van der Waals surface area contributed by atoms with E-state index in [4.69, 9.17) is 5.11 Å². The minimum atomic E-state index is -0.700. The van der Waals surface area contributed by atoms with E-state index in [9.17, 15) is 4.79 Å². The monoisotopic (exact) mass is 184 g/mol. The third-order valence-electron chi connectivity index (χ3n) is 3.06. The molecular formula is C9H16N2O2. The molecule has 0 unspecified atom stereocenters. The Morgan fingerprint density at radius 2 is 2.08 bits per heavy atom. The lowest BCUT2D eigenvalue weighted by atomic mass is 10.1. The van der Waals surface area contributed by atoms with Gasteiger partial charge in [-0.2, -0.15) is 0 Å². The van der Waals surface area contributed by atoms with Crippen LogP contribution in [0.1, 0.15) is 19.3 Å². The zero-order valence-corrected chi connectivity index (χ0v) is 7.70. The van der Waals surface area contributed by atoms with Gasteiger partial charge in [0, 0.05) is 6.04 Å². The Morgan fingerprint density at radius 1 is 1.38 bits per heavy atom. The maximum Gasteiger partial charge on any atom is 0.322 e. The second kappa shape index (κ2) is 3.64. The number of aliphatic carboxylic acids is 1. The summed E-state index contributed by atoms with van der Waals surface area (Å²) in [6.07, 6.45) is 3.43. The van der Waals surface area contributed by atoms with E-state index in [1.807, 2.05) is 0 Å². The van der Waals surface area contributed by atoms with Gasteiger partial charge in [0.2, 0.25) is 0 Å². The molecule has 0 radical (unpaired) electrons. The number of carbonyl (C=O) groups is 1. The summed E-state index contributed by atoms with van der Waals surface area (Å²) in [6.45, 7) is 3.00. The van der Waals surface area contributed by atoms with Gasteiger partial charge in [-0.3, -0.25) is 9.69 Å². The van der Waals surface area contributed by atoms with E-state index >= 15 is 0 Å². The number of carboxylic acids is 1. The van der Waals surface area contributed by atoms with Crippen LogP contribution in [0.3, 0.4) is 0 Å². The van der Waals surface area contributed by atoms with Gasteiger partial charge in [-0.25, -0.2) is 0 Å². The summed E-state index contributed by atoms with van der Waals surface area (Å²) in [6, 6.07) is -0.0990. The number of hydrogen-bond acceptors (Lipinski definition) is 3. The predicted octanol–water partition coefficient (Wildman–Crippen LogP) is -0.103. The van der Waals surface area contributed by atoms with Crippen LogP contribution in [0.15, 0.2) is 0 Å². The molecule has 2 aliphatic heterocycles. The van der Waals surface area contributed by atoms with Crippen molar-refractivity contribution in [3.63, 3.8) is 0 Å². The molecule has 4 nitrogen and oxygen atoms in total. The van der Waals surface area contributed by atoms with Crippen molar-refractivity contribution < 1.29 is 9.90 Å². The minimum Gasteiger partial charge on any atom is -0.480 e. The first kappa shape index (κ1) is 8.97. The fourth-order valence-corrected chi connectivity index (χ4v) is 2.41. The Hall–Kier alpha value is -0.610. The fraction of sp³-hybridized carbons (Fsp3) is 0.889. The van der Waals surface area contributed by atoms with E-state index in [0.29, 0.717) is 0 Å². The van der Waals surface area contributed by atoms with Crippen molar-refractivity contribution in [2.24, 2.45) is 0 Å². The summed E-state index contributed by atoms with van der Waals surface area (Å²) < 4.78 is 0. The molecule has 13 heavy (non-hydrogen) atoms. The van der Waals surface area contributed by atoms with E-state index in [1.54, 1.807) is 0 Å². The second-order valence-corrected chi connectivity index (χ2v) is 3.87. The van der Waals surface area contributed by atoms with Gasteiger partial charge in [-0.15, -0.1) is 0 Å². The zero-order valence-electron chi connectivity index (χ0n) is 7.70. The SMILES string of the molecule is O=C(O)[C@H]1NCC[C@@H]1N1CCCC1. The van der Waals surface area contributed by atoms with Gasteiger partial charge in [0.05, 0.1) is 0 Å². The maximum atomic E-state index is 10.9. The molecule has 0 bridgehead atoms. The average Bonchev–Trinajstić information content (AvgIpc) is 2.74. The van der Waals surface area contributed by atoms with E-state index in [1.165, 1.54) is 12.8 Å². The van der Waals surface area contributed by atoms with Crippen molar-refractivity contribution in [2.45, 2.75) is 31.3 Å². The molecule has 0 aromatic heterocycles. The summed E-state index contributed by atoms with van der Waals surface area (Å²) >= 11 is 0. The number of likely N-dealkylation sites (tertiary alicyclic amines) is 1. The molecule has 0 aliphatic carbocycles. The Morgan fingerprint density at radius 3 is 2.69 bits per heavy atom. The third kappa shape index (κ3) is 1.69. The van der Waals surface area contributed by atoms with Crippen molar-refractivity contribution in [3.8, 4) is 0 Å². The van der Waals surface area contributed by atoms with Gasteiger partial charge in [-0.05, 0) is 38.9 Å². The van der Waals surface area contributed by atoms with Gasteiger partial charge < -0.3 is 10.4 Å². The first-order chi connectivity index (χ1) is 6.29. The summed E-state index contributed by atoms with van der Waals surface area (Å²) in [5.41, 5.74) is 0. The molecule has 2 heterocycles. The highest BCUT2D eigenvalue weighted by atomic mass is 16.4. The maximum absolute atomic E-state index is 10.9. The zero-order chi connectivity index (χ0) is 9.26. The summed E-state index contributed by atoms with van der Waals surface area (Å²) in [5, 5.41) is 12.0. The molecule has 0 saturated carbocycles. The number of hydrogen-bond donors (Lipinski definition) is 2. The summed E-state index contributed by atoms with van der Waals surface area (Å²) in [7, 11) is 0. The summed E-state index contributed by atoms with van der Waals surface area (Å²) in [4.78, 5) is 13.2. The van der Waals surface area contributed by atoms with E-state index in [-0.39, 0.29) is 12.1 Å². The van der Waals surface area contributed by atoms with Crippen molar-refractivity contribution in [3.05, 3.63) is 0 Å². The second-order valence-electron chi connectivity index (χ2n) is 3.87. The molecule has 2 rings (SSSR count). The Bertz CT molecular complexity index is 202. The molecule has 0 amide bonds. The van der Waals surface area contributed by atoms with Crippen LogP contribution in [0.5, 0.6) is 0 Å². The van der Waals surface area contributed by atoms with Crippen LogP contribution in [0.4, 0.5) is 0 Å². The Labute approximate surface area is 77.9 Å². The normalized spacial score (nSPS) is 35.4. The molecule has 2 fully saturated rings. The first-order valence-electron chi connectivity index (χ1n) is 4.99. The summed E-state index contributed by atoms with van der Waals surface area (Å²) in [5.74, 6) is -0.700. The van der Waals surface area contributed by atoms with Gasteiger partial charge in [0.15, 0.2) is 0 Å². The lowest BCUT2D eigenvalue weighted by molar-refractivity contribution is -0.140. The van der Waals surface area contributed by atoms with Crippen LogP contribution in [-0.4, -0.2) is 47.7 Å². The van der Waals surface area contributed by atoms with Crippen LogP contribution < -0.4 is 5.32 Å². The fourth-order valence-electron chi connectivity index (χ4n) is 2.41. The van der Waals surface area contributed by atoms with E-state index in [2.05, 4.69) is 10.2 Å². The van der Waals surface area contributed by atoms with Crippen molar-refractivity contribution in [1.29, 1.82) is 0 Å². The van der Waals surface area contributed by atoms with Gasteiger partial charge in [-0.1, -0.05) is 0 Å². The Kier molecular flexibility index (Phi) is 2.51. The standard InChI is InChI=1S/C9H16N2O2/c12-9(13)8-7(3-4-10-8)11-5-1-2-6-11/h7-8,10H,1-6H2,(H,12,13)/t7-,8-/m0/s1. The number of nitrogens with zero attached hydrogens (tertiary/aromatic N) is 1. The highest BCUT2D eigenvalue weighted by molar-refractivity contribution is 5.75. The van der Waals surface area contributed by atoms with E-state index in [0.717, 1.165) is 26.1 Å². The molecule has 2 aliphatic rings. The highest BCUT2D eigenvalue weighted by Gasteiger charge is 2.37. The molecule has 0 aromatic rings. The lowest BCUT2D eigenvalue weighted by Crippen LogP contribution is -2.46. The quantitative estimate of drug-likeness (QED) is 0.629. The van der Waals surface area contributed by atoms with Crippen molar-refractivity contribution in [2.75, 3.05) is 19.6 Å².